The fourth-order valence-corrected chi connectivity index (χ4v) is 6.24. The van der Waals surface area contributed by atoms with Crippen molar-refractivity contribution in [2.45, 2.75) is 70.4 Å². The van der Waals surface area contributed by atoms with E-state index in [0.29, 0.717) is 17.5 Å². The van der Waals surface area contributed by atoms with Gasteiger partial charge < -0.3 is 24.8 Å². The number of carbonyl (C=O) groups excluding carboxylic acids is 1. The number of nitro groups is 1. The molecule has 1 spiro atoms. The van der Waals surface area contributed by atoms with Gasteiger partial charge in [-0.25, -0.2) is 14.6 Å². The van der Waals surface area contributed by atoms with E-state index >= 15 is 0 Å². The second kappa shape index (κ2) is 9.29. The van der Waals surface area contributed by atoms with E-state index in [1.165, 1.54) is 24.3 Å². The number of nitro benzene ring substituents is 1. The number of rotatable bonds is 6. The highest BCUT2D eigenvalue weighted by Crippen LogP contribution is 2.60. The van der Waals surface area contributed by atoms with E-state index in [0.717, 1.165) is 25.7 Å². The molecule has 5 fully saturated rings. The third kappa shape index (κ3) is 4.40. The van der Waals surface area contributed by atoms with Gasteiger partial charge in [-0.2, -0.15) is 0 Å². The van der Waals surface area contributed by atoms with E-state index in [1.807, 2.05) is 6.92 Å². The molecule has 2 bridgehead atoms. The first-order valence-electron chi connectivity index (χ1n) is 12.3. The number of fused-ring (bicyclic) bond motifs is 2. The quantitative estimate of drug-likeness (QED) is 0.265. The van der Waals surface area contributed by atoms with Crippen LogP contribution in [-0.4, -0.2) is 48.1 Å². The highest BCUT2D eigenvalue weighted by molar-refractivity contribution is 5.89. The summed E-state index contributed by atoms with van der Waals surface area (Å²) in [7, 11) is 0. The van der Waals surface area contributed by atoms with Crippen LogP contribution in [0.15, 0.2) is 24.3 Å². The van der Waals surface area contributed by atoms with Crippen molar-refractivity contribution in [3.8, 4) is 0 Å². The smallest absolute Gasteiger partial charge is 0.319 e. The first-order chi connectivity index (χ1) is 16.7. The Balaban J connectivity index is 1.16. The van der Waals surface area contributed by atoms with Crippen LogP contribution in [0.3, 0.4) is 0 Å². The summed E-state index contributed by atoms with van der Waals surface area (Å²) in [4.78, 5) is 34.4. The summed E-state index contributed by atoms with van der Waals surface area (Å²) in [6.45, 7) is 6.80. The van der Waals surface area contributed by atoms with Gasteiger partial charge in [-0.15, -0.1) is 0 Å². The normalized spacial score (nSPS) is 39.9. The zero-order valence-corrected chi connectivity index (χ0v) is 20.2. The maximum atomic E-state index is 12.2. The predicted octanol–water partition coefficient (Wildman–Crippen LogP) is 3.94. The Morgan fingerprint density at radius 3 is 2.69 bits per heavy atom. The molecular weight excluding hydrogens is 458 g/mol. The molecule has 35 heavy (non-hydrogen) atoms. The van der Waals surface area contributed by atoms with Gasteiger partial charge in [0.05, 0.1) is 11.5 Å². The number of non-ortho nitro benzene ring substituents is 1. The summed E-state index contributed by atoms with van der Waals surface area (Å²) in [6, 6.07) is 5.20. The highest BCUT2D eigenvalue weighted by atomic mass is 17.3. The monoisotopic (exact) mass is 491 g/mol. The summed E-state index contributed by atoms with van der Waals surface area (Å²) in [5.41, 5.74) is -0.209. The van der Waals surface area contributed by atoms with Crippen LogP contribution in [0, 0.1) is 33.8 Å². The van der Waals surface area contributed by atoms with Crippen LogP contribution >= 0.6 is 0 Å². The summed E-state index contributed by atoms with van der Waals surface area (Å²) < 4.78 is 18.7. The Bertz CT molecular complexity index is 961. The second-order valence-electron chi connectivity index (χ2n) is 10.3. The Hall–Kier alpha value is -2.31. The third-order valence-electron chi connectivity index (χ3n) is 8.10. The largest absolute Gasteiger partial charge is 0.350 e. The zero-order valence-electron chi connectivity index (χ0n) is 20.2. The number of amides is 2. The summed E-state index contributed by atoms with van der Waals surface area (Å²) in [5.74, 6) is 0.190. The Kier molecular flexibility index (Phi) is 6.47. The molecule has 1 aromatic rings. The number of benzene rings is 1. The number of ether oxygens (including phenoxy) is 3. The van der Waals surface area contributed by atoms with Crippen LogP contribution in [0.5, 0.6) is 0 Å². The number of hydrogen-bond donors (Lipinski definition) is 2. The Labute approximate surface area is 203 Å². The molecule has 11 heteroatoms. The van der Waals surface area contributed by atoms with E-state index in [9.17, 15) is 14.9 Å². The van der Waals surface area contributed by atoms with Gasteiger partial charge in [-0.05, 0) is 50.2 Å². The van der Waals surface area contributed by atoms with Crippen molar-refractivity contribution >= 4 is 17.4 Å². The number of anilines is 1. The summed E-state index contributed by atoms with van der Waals surface area (Å²) in [5, 5.41) is 16.1. The Morgan fingerprint density at radius 1 is 1.17 bits per heavy atom. The average Bonchev–Trinajstić information content (AvgIpc) is 3.06. The van der Waals surface area contributed by atoms with Crippen LogP contribution in [0.2, 0.25) is 0 Å². The molecule has 6 rings (SSSR count). The van der Waals surface area contributed by atoms with Crippen LogP contribution in [-0.2, 0) is 24.0 Å². The molecule has 2 amide bonds. The van der Waals surface area contributed by atoms with Crippen LogP contribution in [0.25, 0.3) is 0 Å². The number of hydrogen-bond acceptors (Lipinski definition) is 8. The first-order valence-corrected chi connectivity index (χ1v) is 12.3. The minimum absolute atomic E-state index is 0.0386. The van der Waals surface area contributed by atoms with Gasteiger partial charge in [0, 0.05) is 42.6 Å². The third-order valence-corrected chi connectivity index (χ3v) is 8.10. The molecule has 1 saturated carbocycles. The number of urea groups is 1. The van der Waals surface area contributed by atoms with Crippen molar-refractivity contribution in [1.29, 1.82) is 0 Å². The second-order valence-corrected chi connectivity index (χ2v) is 10.3. The van der Waals surface area contributed by atoms with Gasteiger partial charge in [-0.1, -0.05) is 13.8 Å². The van der Waals surface area contributed by atoms with Gasteiger partial charge in [0.2, 0.25) is 5.79 Å². The molecule has 1 aromatic carbocycles. The molecule has 0 unspecified atom stereocenters. The zero-order chi connectivity index (χ0) is 24.8. The molecule has 4 aliphatic heterocycles. The van der Waals surface area contributed by atoms with Crippen molar-refractivity contribution in [2.24, 2.45) is 23.7 Å². The van der Waals surface area contributed by atoms with Crippen molar-refractivity contribution in [3.63, 3.8) is 0 Å². The molecule has 8 atom stereocenters. The molecule has 0 aromatic heterocycles. The minimum Gasteiger partial charge on any atom is -0.350 e. The van der Waals surface area contributed by atoms with E-state index in [1.54, 1.807) is 0 Å². The van der Waals surface area contributed by atoms with E-state index < -0.39 is 34.9 Å². The lowest BCUT2D eigenvalue weighted by Gasteiger charge is -2.60. The lowest BCUT2D eigenvalue weighted by atomic mass is 9.58. The van der Waals surface area contributed by atoms with Gasteiger partial charge in [0.15, 0.2) is 18.2 Å². The van der Waals surface area contributed by atoms with Gasteiger partial charge in [-0.3, -0.25) is 10.1 Å². The molecule has 4 heterocycles. The fraction of sp³-hybridized carbons (Fsp3) is 0.708. The van der Waals surface area contributed by atoms with Crippen LogP contribution in [0.1, 0.15) is 46.5 Å². The standard InChI is InChI=1S/C24H33N3O8/c1-14-4-9-19-15(2)20(32-21-24(19)18(14)10-11-23(3,33-21)34-35-24)31-13-12-25-22(28)26-16-5-7-17(8-6-16)27(29)30/h5-8,14-15,18-21H,4,9-13H2,1-3H3,(H2,25,26,28)/t14-,15-,18+,19+,20-,21-,23+,24-/m1/s1. The molecule has 1 aliphatic carbocycles. The maximum absolute atomic E-state index is 12.2. The topological polar surface area (TPSA) is 130 Å². The van der Waals surface area contributed by atoms with Crippen molar-refractivity contribution in [2.75, 3.05) is 18.5 Å². The van der Waals surface area contributed by atoms with E-state index in [2.05, 4.69) is 24.5 Å². The number of carbonyl (C=O) groups is 1. The highest BCUT2D eigenvalue weighted by Gasteiger charge is 2.69. The predicted molar refractivity (Wildman–Crippen MR) is 123 cm³/mol. The van der Waals surface area contributed by atoms with E-state index in [4.69, 9.17) is 24.0 Å². The number of nitrogens with one attached hydrogen (secondary N) is 2. The lowest BCUT2D eigenvalue weighted by molar-refractivity contribution is -0.577. The van der Waals surface area contributed by atoms with Gasteiger partial charge >= 0.3 is 6.03 Å². The van der Waals surface area contributed by atoms with Gasteiger partial charge in [0.1, 0.15) is 0 Å². The summed E-state index contributed by atoms with van der Waals surface area (Å²) >= 11 is 0. The molecule has 11 nitrogen and oxygen atoms in total. The van der Waals surface area contributed by atoms with E-state index in [-0.39, 0.29) is 30.7 Å². The molecule has 0 radical (unpaired) electrons. The molecule has 192 valence electrons. The molecule has 5 aliphatic rings. The summed E-state index contributed by atoms with van der Waals surface area (Å²) in [6.07, 6.45) is 2.77. The Morgan fingerprint density at radius 2 is 1.94 bits per heavy atom. The fourth-order valence-electron chi connectivity index (χ4n) is 6.24. The lowest BCUT2D eigenvalue weighted by Crippen LogP contribution is -2.70. The van der Waals surface area contributed by atoms with Crippen LogP contribution in [0.4, 0.5) is 16.2 Å². The van der Waals surface area contributed by atoms with Crippen LogP contribution < -0.4 is 10.6 Å². The minimum atomic E-state index is -0.833. The molecule has 4 saturated heterocycles. The molecule has 2 N–H and O–H groups in total. The van der Waals surface area contributed by atoms with Crippen molar-refractivity contribution < 1.29 is 33.7 Å². The SMILES string of the molecule is C[C@H]1[C@H](OCCNC(=O)Nc2ccc([N+](=O)[O-])cc2)O[C@@H]2O[C@]3(C)CC[C@H]4[C@H](C)CC[C@@H]1[C@@]24OO3. The van der Waals surface area contributed by atoms with Gasteiger partial charge in [0.25, 0.3) is 5.69 Å². The van der Waals surface area contributed by atoms with Crippen molar-refractivity contribution in [3.05, 3.63) is 34.4 Å². The molecular formula is C24H33N3O8. The number of nitrogens with zero attached hydrogens (tertiary/aromatic N) is 1. The average molecular weight is 492 g/mol. The van der Waals surface area contributed by atoms with Crippen molar-refractivity contribution in [1.82, 2.24) is 5.32 Å². The first kappa shape index (κ1) is 24.4. The maximum Gasteiger partial charge on any atom is 0.319 e.